The number of hydrogen-bond acceptors (Lipinski definition) is 9. The predicted molar refractivity (Wildman–Crippen MR) is 79.1 cm³/mol. The van der Waals surface area contributed by atoms with Gasteiger partial charge in [0, 0.05) is 6.54 Å². The largest absolute Gasteiger partial charge is 0.458 e. The Bertz CT molecular complexity index is 595. The van der Waals surface area contributed by atoms with Gasteiger partial charge in [-0.05, 0) is 27.3 Å². The Labute approximate surface area is 127 Å². The van der Waals surface area contributed by atoms with Crippen LogP contribution < -0.4 is 4.74 Å². The molecule has 0 amide bonds. The van der Waals surface area contributed by atoms with Crippen molar-refractivity contribution >= 4 is 11.8 Å². The number of aromatic nitrogens is 6. The number of nitrogens with zero attached hydrogens (tertiary/aromatic N) is 7. The summed E-state index contributed by atoms with van der Waals surface area (Å²) < 4.78 is 5.65. The van der Waals surface area contributed by atoms with E-state index in [1.807, 2.05) is 32.2 Å². The van der Waals surface area contributed by atoms with Gasteiger partial charge in [-0.2, -0.15) is 15.2 Å². The van der Waals surface area contributed by atoms with Gasteiger partial charge in [-0.1, -0.05) is 16.9 Å². The lowest BCUT2D eigenvalue weighted by atomic mass is 10.3. The number of hydrogen-bond donors (Lipinski definition) is 0. The standard InChI is InChI=1S/C12H17N7OS/c1-8(7-19(2)3)20-11-15-9(5-13-17-11)10-6-14-18-12(16-10)21-4/h5-6,8H,7H2,1-4H3. The summed E-state index contributed by atoms with van der Waals surface area (Å²) in [6.07, 6.45) is 4.91. The van der Waals surface area contributed by atoms with Crippen LogP contribution in [-0.2, 0) is 0 Å². The second-order valence-corrected chi connectivity index (χ2v) is 5.42. The van der Waals surface area contributed by atoms with Crippen LogP contribution >= 0.6 is 11.8 Å². The molecule has 21 heavy (non-hydrogen) atoms. The lowest BCUT2D eigenvalue weighted by Crippen LogP contribution is -2.28. The number of likely N-dealkylation sites (N-methyl/N-ethyl adjacent to an activating group) is 1. The predicted octanol–water partition coefficient (Wildman–Crippen LogP) is 0.774. The van der Waals surface area contributed by atoms with Crippen molar-refractivity contribution in [3.05, 3.63) is 12.4 Å². The van der Waals surface area contributed by atoms with Gasteiger partial charge in [-0.15, -0.1) is 5.10 Å². The molecule has 2 aromatic heterocycles. The van der Waals surface area contributed by atoms with Gasteiger partial charge in [-0.3, -0.25) is 0 Å². The van der Waals surface area contributed by atoms with Crippen LogP contribution in [-0.4, -0.2) is 68.3 Å². The second-order valence-electron chi connectivity index (χ2n) is 4.64. The zero-order valence-corrected chi connectivity index (χ0v) is 13.2. The third-order valence-corrected chi connectivity index (χ3v) is 2.99. The third-order valence-electron chi connectivity index (χ3n) is 2.45. The maximum absolute atomic E-state index is 5.65. The summed E-state index contributed by atoms with van der Waals surface area (Å²) in [5.74, 6) is 0. The fraction of sp³-hybridized carbons (Fsp3) is 0.500. The van der Waals surface area contributed by atoms with E-state index >= 15 is 0 Å². The molecule has 0 bridgehead atoms. The molecule has 0 saturated carbocycles. The molecule has 0 aliphatic rings. The van der Waals surface area contributed by atoms with E-state index in [-0.39, 0.29) is 12.1 Å². The SMILES string of the molecule is CSc1nncc(-c2cnnc(OC(C)CN(C)C)n2)n1. The minimum atomic E-state index is -0.0395. The molecule has 8 nitrogen and oxygen atoms in total. The molecule has 0 aliphatic heterocycles. The first-order valence-electron chi connectivity index (χ1n) is 6.33. The topological polar surface area (TPSA) is 89.8 Å². The number of thioether (sulfide) groups is 1. The highest BCUT2D eigenvalue weighted by atomic mass is 32.2. The molecule has 1 atom stereocenters. The van der Waals surface area contributed by atoms with E-state index in [0.29, 0.717) is 16.5 Å². The van der Waals surface area contributed by atoms with Crippen LogP contribution in [0.15, 0.2) is 17.6 Å². The second kappa shape index (κ2) is 7.23. The van der Waals surface area contributed by atoms with E-state index in [4.69, 9.17) is 4.74 Å². The maximum Gasteiger partial charge on any atom is 0.336 e. The molecule has 2 heterocycles. The summed E-state index contributed by atoms with van der Waals surface area (Å²) in [4.78, 5) is 10.7. The molecule has 9 heteroatoms. The van der Waals surface area contributed by atoms with E-state index in [9.17, 15) is 0 Å². The molecule has 0 spiro atoms. The minimum absolute atomic E-state index is 0.0395. The first kappa shape index (κ1) is 15.5. The van der Waals surface area contributed by atoms with E-state index in [1.54, 1.807) is 0 Å². The van der Waals surface area contributed by atoms with Gasteiger partial charge in [0.25, 0.3) is 0 Å². The molecule has 2 rings (SSSR count). The van der Waals surface area contributed by atoms with Gasteiger partial charge in [-0.25, -0.2) is 4.98 Å². The van der Waals surface area contributed by atoms with Gasteiger partial charge >= 0.3 is 6.01 Å². The Kier molecular flexibility index (Phi) is 5.34. The summed E-state index contributed by atoms with van der Waals surface area (Å²) in [5, 5.41) is 16.1. The molecule has 0 N–H and O–H groups in total. The first-order chi connectivity index (χ1) is 10.1. The van der Waals surface area contributed by atoms with Crippen molar-refractivity contribution in [2.75, 3.05) is 26.9 Å². The molecule has 0 aliphatic carbocycles. The highest BCUT2D eigenvalue weighted by Crippen LogP contribution is 2.16. The Hall–Kier alpha value is -1.87. The Morgan fingerprint density at radius 3 is 2.48 bits per heavy atom. The van der Waals surface area contributed by atoms with Gasteiger partial charge in [0.15, 0.2) is 0 Å². The zero-order chi connectivity index (χ0) is 15.2. The van der Waals surface area contributed by atoms with Crippen molar-refractivity contribution in [1.29, 1.82) is 0 Å². The molecular weight excluding hydrogens is 290 g/mol. The Morgan fingerprint density at radius 1 is 1.14 bits per heavy atom. The highest BCUT2D eigenvalue weighted by Gasteiger charge is 2.11. The van der Waals surface area contributed by atoms with Crippen molar-refractivity contribution in [3.8, 4) is 17.4 Å². The van der Waals surface area contributed by atoms with Crippen molar-refractivity contribution < 1.29 is 4.74 Å². The molecule has 0 radical (unpaired) electrons. The lowest BCUT2D eigenvalue weighted by molar-refractivity contribution is 0.162. The molecule has 0 saturated heterocycles. The summed E-state index contributed by atoms with van der Waals surface area (Å²) in [6.45, 7) is 2.72. The van der Waals surface area contributed by atoms with Crippen LogP contribution in [0.3, 0.4) is 0 Å². The number of ether oxygens (including phenoxy) is 1. The fourth-order valence-electron chi connectivity index (χ4n) is 1.69. The summed E-state index contributed by atoms with van der Waals surface area (Å²) in [5.41, 5.74) is 1.15. The average molecular weight is 307 g/mol. The number of rotatable bonds is 6. The average Bonchev–Trinajstić information content (AvgIpc) is 2.46. The third kappa shape index (κ3) is 4.57. The van der Waals surface area contributed by atoms with E-state index in [2.05, 4.69) is 30.4 Å². The lowest BCUT2D eigenvalue weighted by Gasteiger charge is -2.17. The Balaban J connectivity index is 2.17. The molecular formula is C12H17N7OS. The smallest absolute Gasteiger partial charge is 0.336 e. The van der Waals surface area contributed by atoms with E-state index < -0.39 is 0 Å². The highest BCUT2D eigenvalue weighted by molar-refractivity contribution is 7.98. The summed E-state index contributed by atoms with van der Waals surface area (Å²) in [7, 11) is 3.96. The van der Waals surface area contributed by atoms with Gasteiger partial charge in [0.1, 0.15) is 17.5 Å². The van der Waals surface area contributed by atoms with Crippen LogP contribution in [0, 0.1) is 0 Å². The fourth-order valence-corrected chi connectivity index (χ4v) is 2.01. The molecule has 112 valence electrons. The monoisotopic (exact) mass is 307 g/mol. The maximum atomic E-state index is 5.65. The van der Waals surface area contributed by atoms with Crippen molar-refractivity contribution in [3.63, 3.8) is 0 Å². The van der Waals surface area contributed by atoms with Gasteiger partial charge in [0.2, 0.25) is 5.16 Å². The molecule has 0 aromatic carbocycles. The minimum Gasteiger partial charge on any atom is -0.458 e. The van der Waals surface area contributed by atoms with Crippen molar-refractivity contribution in [1.82, 2.24) is 35.3 Å². The van der Waals surface area contributed by atoms with Crippen molar-refractivity contribution in [2.24, 2.45) is 0 Å². The van der Waals surface area contributed by atoms with Crippen LogP contribution in [0.4, 0.5) is 0 Å². The van der Waals surface area contributed by atoms with Crippen molar-refractivity contribution in [2.45, 2.75) is 18.2 Å². The first-order valence-corrected chi connectivity index (χ1v) is 7.56. The van der Waals surface area contributed by atoms with Gasteiger partial charge in [0.05, 0.1) is 12.4 Å². The quantitative estimate of drug-likeness (QED) is 0.718. The normalized spacial score (nSPS) is 12.4. The van der Waals surface area contributed by atoms with Crippen LogP contribution in [0.25, 0.3) is 11.4 Å². The summed E-state index contributed by atoms with van der Waals surface area (Å²) >= 11 is 1.41. The Morgan fingerprint density at radius 2 is 1.81 bits per heavy atom. The van der Waals surface area contributed by atoms with Gasteiger partial charge < -0.3 is 9.64 Å². The summed E-state index contributed by atoms with van der Waals surface area (Å²) in [6, 6.07) is 0.228. The van der Waals surface area contributed by atoms with Crippen LogP contribution in [0.5, 0.6) is 6.01 Å². The molecule has 2 aromatic rings. The van der Waals surface area contributed by atoms with E-state index in [0.717, 1.165) is 6.54 Å². The van der Waals surface area contributed by atoms with Crippen LogP contribution in [0.1, 0.15) is 6.92 Å². The van der Waals surface area contributed by atoms with Crippen LogP contribution in [0.2, 0.25) is 0 Å². The molecule has 0 fully saturated rings. The van der Waals surface area contributed by atoms with E-state index in [1.165, 1.54) is 24.2 Å². The molecule has 1 unspecified atom stereocenters. The zero-order valence-electron chi connectivity index (χ0n) is 12.4.